The van der Waals surface area contributed by atoms with Crippen LogP contribution in [0.1, 0.15) is 21.1 Å². The van der Waals surface area contributed by atoms with E-state index in [1.54, 1.807) is 6.20 Å². The van der Waals surface area contributed by atoms with E-state index in [-0.39, 0.29) is 12.5 Å². The fraction of sp³-hybridized carbons (Fsp3) is 0.364. The van der Waals surface area contributed by atoms with Crippen molar-refractivity contribution >= 4 is 62.3 Å². The number of aliphatic hydroxyl groups excluding tert-OH is 1. The summed E-state index contributed by atoms with van der Waals surface area (Å²) in [6.45, 7) is 8.17. The molecule has 0 unspecified atom stereocenters. The molecule has 0 radical (unpaired) electrons. The molecule has 0 saturated carbocycles. The predicted octanol–water partition coefficient (Wildman–Crippen LogP) is 3.26. The summed E-state index contributed by atoms with van der Waals surface area (Å²) < 4.78 is 0.991. The van der Waals surface area contributed by atoms with E-state index in [0.29, 0.717) is 28.2 Å². The lowest BCUT2D eigenvalue weighted by atomic mass is 10.2. The third-order valence-corrected chi connectivity index (χ3v) is 7.17. The minimum atomic E-state index is -0.187. The van der Waals surface area contributed by atoms with Gasteiger partial charge in [-0.1, -0.05) is 23.5 Å². The Bertz CT molecular complexity index is 1110. The Morgan fingerprint density at radius 1 is 1.21 bits per heavy atom. The minimum absolute atomic E-state index is 0.179. The maximum Gasteiger partial charge on any atom is 0.267 e. The van der Waals surface area contributed by atoms with Gasteiger partial charge in [-0.2, -0.15) is 0 Å². The highest BCUT2D eigenvalue weighted by atomic mass is 127. The first kappa shape index (κ1) is 23.8. The van der Waals surface area contributed by atoms with Gasteiger partial charge in [0.1, 0.15) is 22.3 Å². The van der Waals surface area contributed by atoms with Crippen LogP contribution in [-0.4, -0.2) is 70.2 Å². The molecule has 1 amide bonds. The second-order valence-corrected chi connectivity index (χ2v) is 9.94. The van der Waals surface area contributed by atoms with Crippen LogP contribution in [0.25, 0.3) is 0 Å². The van der Waals surface area contributed by atoms with Crippen LogP contribution in [0, 0.1) is 17.4 Å². The average Bonchev–Trinajstić information content (AvgIpc) is 3.25. The first-order chi connectivity index (χ1) is 15.9. The van der Waals surface area contributed by atoms with Gasteiger partial charge in [0.05, 0.1) is 18.5 Å². The van der Waals surface area contributed by atoms with E-state index in [4.69, 9.17) is 5.11 Å². The summed E-state index contributed by atoms with van der Waals surface area (Å²) in [7, 11) is 0. The van der Waals surface area contributed by atoms with Crippen molar-refractivity contribution in [3.8, 4) is 0 Å². The number of halogens is 1. The van der Waals surface area contributed by atoms with E-state index < -0.39 is 0 Å². The Morgan fingerprint density at radius 2 is 2.00 bits per heavy atom. The molecule has 1 saturated heterocycles. The summed E-state index contributed by atoms with van der Waals surface area (Å²) in [6, 6.07) is 7.81. The number of aryl methyl sites for hydroxylation is 2. The molecule has 1 aromatic carbocycles. The fourth-order valence-electron chi connectivity index (χ4n) is 3.63. The number of nitrogens with zero attached hydrogens (tertiary/aromatic N) is 5. The van der Waals surface area contributed by atoms with Crippen molar-refractivity contribution in [1.29, 1.82) is 0 Å². The van der Waals surface area contributed by atoms with Crippen LogP contribution in [0.3, 0.4) is 0 Å². The van der Waals surface area contributed by atoms with E-state index in [0.717, 1.165) is 46.8 Å². The number of carbonyl (C=O) groups is 1. The Labute approximate surface area is 210 Å². The third kappa shape index (κ3) is 5.96. The van der Waals surface area contributed by atoms with Crippen molar-refractivity contribution < 1.29 is 9.90 Å². The highest BCUT2D eigenvalue weighted by Crippen LogP contribution is 2.27. The number of anilines is 4. The number of amides is 1. The molecular weight excluding hydrogens is 553 g/mol. The van der Waals surface area contributed by atoms with Gasteiger partial charge < -0.3 is 20.6 Å². The molecule has 1 aliphatic heterocycles. The number of aliphatic hydroxyl groups is 1. The Morgan fingerprint density at radius 3 is 2.73 bits per heavy atom. The van der Waals surface area contributed by atoms with E-state index >= 15 is 0 Å². The van der Waals surface area contributed by atoms with Crippen LogP contribution in [0.2, 0.25) is 0 Å². The standard InChI is InChI=1S/C22H26IN7O2S/c1-14-4-3-5-16(23)20(14)28-21(32)17-13-24-22(33-17)27-18-12-19(26-15(2)25-18)30-8-6-29(7-9-30)10-11-31/h3-5,12-13,31H,6-11H2,1-2H3,(H,28,32)(H,24,25,26,27). The van der Waals surface area contributed by atoms with Crippen molar-refractivity contribution in [2.75, 3.05) is 54.9 Å². The van der Waals surface area contributed by atoms with E-state index in [2.05, 4.69) is 58.0 Å². The molecule has 3 N–H and O–H groups in total. The monoisotopic (exact) mass is 579 g/mol. The van der Waals surface area contributed by atoms with Gasteiger partial charge in [0.2, 0.25) is 0 Å². The maximum absolute atomic E-state index is 12.7. The molecule has 0 bridgehead atoms. The van der Waals surface area contributed by atoms with Gasteiger partial charge in [0.15, 0.2) is 5.13 Å². The molecule has 2 aromatic heterocycles. The lowest BCUT2D eigenvalue weighted by Gasteiger charge is -2.35. The van der Waals surface area contributed by atoms with Crippen molar-refractivity contribution in [1.82, 2.24) is 19.9 Å². The van der Waals surface area contributed by atoms with Gasteiger partial charge in [0, 0.05) is 42.4 Å². The fourth-order valence-corrected chi connectivity index (χ4v) is 5.12. The molecule has 9 nitrogen and oxygen atoms in total. The number of β-amino-alcohol motifs (C(OH)–C–C–N with tert-alkyl or cyclic N) is 1. The van der Waals surface area contributed by atoms with Crippen molar-refractivity contribution in [2.24, 2.45) is 0 Å². The molecule has 33 heavy (non-hydrogen) atoms. The normalized spacial score (nSPS) is 14.4. The quantitative estimate of drug-likeness (QED) is 0.367. The Balaban J connectivity index is 1.43. The molecule has 1 aliphatic rings. The molecular formula is C22H26IN7O2S. The summed E-state index contributed by atoms with van der Waals surface area (Å²) in [5.41, 5.74) is 1.83. The molecule has 0 aliphatic carbocycles. The lowest BCUT2D eigenvalue weighted by molar-refractivity contribution is 0.103. The first-order valence-corrected chi connectivity index (χ1v) is 12.6. The van der Waals surface area contributed by atoms with E-state index in [9.17, 15) is 4.79 Å². The number of aromatic nitrogens is 3. The van der Waals surface area contributed by atoms with Crippen LogP contribution in [-0.2, 0) is 0 Å². The summed E-state index contributed by atoms with van der Waals surface area (Å²) in [4.78, 5) is 31.2. The number of hydrogen-bond acceptors (Lipinski definition) is 9. The Hall–Kier alpha value is -2.35. The number of para-hydroxylation sites is 1. The summed E-state index contributed by atoms with van der Waals surface area (Å²) in [5.74, 6) is 1.98. The van der Waals surface area contributed by atoms with Gasteiger partial charge >= 0.3 is 0 Å². The zero-order valence-corrected chi connectivity index (χ0v) is 21.5. The van der Waals surface area contributed by atoms with E-state index in [1.807, 2.05) is 38.1 Å². The lowest BCUT2D eigenvalue weighted by Crippen LogP contribution is -2.47. The van der Waals surface area contributed by atoms with Gasteiger partial charge in [-0.05, 0) is 48.1 Å². The second-order valence-electron chi connectivity index (χ2n) is 7.75. The topological polar surface area (TPSA) is 107 Å². The Kier molecular flexibility index (Phi) is 7.73. The predicted molar refractivity (Wildman–Crippen MR) is 140 cm³/mol. The highest BCUT2D eigenvalue weighted by molar-refractivity contribution is 14.1. The van der Waals surface area contributed by atoms with Gasteiger partial charge in [-0.15, -0.1) is 0 Å². The largest absolute Gasteiger partial charge is 0.395 e. The SMILES string of the molecule is Cc1nc(Nc2ncc(C(=O)Nc3c(C)cccc3I)s2)cc(N2CCN(CCO)CC2)n1. The number of hydrogen-bond donors (Lipinski definition) is 3. The van der Waals surface area contributed by atoms with E-state index in [1.165, 1.54) is 11.3 Å². The molecule has 4 rings (SSSR count). The van der Waals surface area contributed by atoms with Crippen LogP contribution in [0.5, 0.6) is 0 Å². The summed E-state index contributed by atoms with van der Waals surface area (Å²) in [6.07, 6.45) is 1.57. The van der Waals surface area contributed by atoms with Gasteiger partial charge in [-0.3, -0.25) is 9.69 Å². The number of piperazine rings is 1. The molecule has 11 heteroatoms. The maximum atomic E-state index is 12.7. The van der Waals surface area contributed by atoms with Crippen LogP contribution in [0.15, 0.2) is 30.5 Å². The number of benzene rings is 1. The average molecular weight is 579 g/mol. The third-order valence-electron chi connectivity index (χ3n) is 5.36. The first-order valence-electron chi connectivity index (χ1n) is 10.7. The molecule has 174 valence electrons. The van der Waals surface area contributed by atoms with Crippen LogP contribution < -0.4 is 15.5 Å². The molecule has 0 atom stereocenters. The zero-order chi connectivity index (χ0) is 23.4. The molecule has 3 heterocycles. The minimum Gasteiger partial charge on any atom is -0.395 e. The van der Waals surface area contributed by atoms with Crippen LogP contribution >= 0.6 is 33.9 Å². The van der Waals surface area contributed by atoms with Crippen LogP contribution in [0.4, 0.5) is 22.5 Å². The number of rotatable bonds is 7. The second kappa shape index (κ2) is 10.7. The number of nitrogens with one attached hydrogen (secondary N) is 2. The summed E-state index contributed by atoms with van der Waals surface area (Å²) in [5, 5.41) is 15.9. The van der Waals surface area contributed by atoms with Crippen molar-refractivity contribution in [2.45, 2.75) is 13.8 Å². The number of thiazole rings is 1. The smallest absolute Gasteiger partial charge is 0.267 e. The summed E-state index contributed by atoms with van der Waals surface area (Å²) >= 11 is 3.50. The highest BCUT2D eigenvalue weighted by Gasteiger charge is 2.19. The van der Waals surface area contributed by atoms with Gasteiger partial charge in [-0.25, -0.2) is 15.0 Å². The van der Waals surface area contributed by atoms with Crippen molar-refractivity contribution in [3.63, 3.8) is 0 Å². The molecule has 3 aromatic rings. The van der Waals surface area contributed by atoms with Crippen molar-refractivity contribution in [3.05, 3.63) is 50.3 Å². The number of carbonyl (C=O) groups excluding carboxylic acids is 1. The molecule has 0 spiro atoms. The molecule has 1 fully saturated rings. The van der Waals surface area contributed by atoms with Gasteiger partial charge in [0.25, 0.3) is 5.91 Å². The zero-order valence-electron chi connectivity index (χ0n) is 18.5.